The second-order valence-corrected chi connectivity index (χ2v) is 7.69. The first kappa shape index (κ1) is 16.0. The molecule has 2 aromatic carbocycles. The van der Waals surface area contributed by atoms with Crippen molar-refractivity contribution in [3.63, 3.8) is 0 Å². The Morgan fingerprint density at radius 3 is 2.65 bits per heavy atom. The van der Waals surface area contributed by atoms with E-state index in [1.807, 2.05) is 42.5 Å². The van der Waals surface area contributed by atoms with Crippen molar-refractivity contribution in [1.82, 2.24) is 4.72 Å². The van der Waals surface area contributed by atoms with E-state index in [0.717, 1.165) is 24.2 Å². The van der Waals surface area contributed by atoms with Crippen molar-refractivity contribution in [1.29, 1.82) is 0 Å². The van der Waals surface area contributed by atoms with Gasteiger partial charge in [0, 0.05) is 6.04 Å². The maximum absolute atomic E-state index is 12.4. The Kier molecular flexibility index (Phi) is 4.68. The van der Waals surface area contributed by atoms with Gasteiger partial charge in [0.25, 0.3) is 0 Å². The van der Waals surface area contributed by atoms with Crippen molar-refractivity contribution < 1.29 is 13.2 Å². The normalized spacial score (nSPS) is 17.5. The Labute approximate surface area is 137 Å². The first-order valence-corrected chi connectivity index (χ1v) is 9.41. The van der Waals surface area contributed by atoms with Crippen LogP contribution in [0.3, 0.4) is 0 Å². The van der Waals surface area contributed by atoms with Gasteiger partial charge in [-0.1, -0.05) is 36.4 Å². The van der Waals surface area contributed by atoms with Crippen LogP contribution >= 0.6 is 0 Å². The lowest BCUT2D eigenvalue weighted by Gasteiger charge is -2.25. The van der Waals surface area contributed by atoms with Gasteiger partial charge in [-0.15, -0.1) is 0 Å². The van der Waals surface area contributed by atoms with E-state index < -0.39 is 10.0 Å². The number of benzene rings is 2. The fourth-order valence-electron chi connectivity index (χ4n) is 3.05. The van der Waals surface area contributed by atoms with Crippen LogP contribution < -0.4 is 9.46 Å². The van der Waals surface area contributed by atoms with Gasteiger partial charge in [0.15, 0.2) is 0 Å². The largest absolute Gasteiger partial charge is 0.497 e. The molecule has 0 fully saturated rings. The highest BCUT2D eigenvalue weighted by Gasteiger charge is 2.23. The average molecular weight is 331 g/mol. The van der Waals surface area contributed by atoms with Gasteiger partial charge in [-0.05, 0) is 48.1 Å². The van der Waals surface area contributed by atoms with Crippen LogP contribution in [-0.2, 0) is 28.6 Å². The molecule has 0 amide bonds. The van der Waals surface area contributed by atoms with E-state index in [-0.39, 0.29) is 11.8 Å². The molecule has 1 N–H and O–H groups in total. The highest BCUT2D eigenvalue weighted by molar-refractivity contribution is 7.88. The van der Waals surface area contributed by atoms with Gasteiger partial charge in [0.05, 0.1) is 12.9 Å². The zero-order valence-electron chi connectivity index (χ0n) is 13.2. The summed E-state index contributed by atoms with van der Waals surface area (Å²) in [4.78, 5) is 0. The first-order valence-electron chi connectivity index (χ1n) is 7.75. The van der Waals surface area contributed by atoms with Crippen LogP contribution in [-0.4, -0.2) is 21.6 Å². The van der Waals surface area contributed by atoms with Crippen LogP contribution in [0, 0.1) is 0 Å². The third-order valence-electron chi connectivity index (χ3n) is 4.19. The molecular formula is C18H21NO3S. The number of ether oxygens (including phenoxy) is 1. The number of hydrogen-bond acceptors (Lipinski definition) is 3. The van der Waals surface area contributed by atoms with Crippen molar-refractivity contribution in [3.05, 3.63) is 65.2 Å². The molecule has 23 heavy (non-hydrogen) atoms. The molecule has 0 spiro atoms. The molecule has 0 aliphatic heterocycles. The van der Waals surface area contributed by atoms with E-state index in [2.05, 4.69) is 10.8 Å². The monoisotopic (exact) mass is 331 g/mol. The topological polar surface area (TPSA) is 55.4 Å². The molecule has 4 nitrogen and oxygen atoms in total. The van der Waals surface area contributed by atoms with Crippen molar-refractivity contribution >= 4 is 10.0 Å². The number of sulfonamides is 1. The summed E-state index contributed by atoms with van der Waals surface area (Å²) in [6.07, 6.45) is 2.42. The molecule has 3 rings (SSSR count). The van der Waals surface area contributed by atoms with Crippen molar-refractivity contribution in [2.24, 2.45) is 0 Å². The Morgan fingerprint density at radius 1 is 1.13 bits per heavy atom. The minimum atomic E-state index is -3.33. The van der Waals surface area contributed by atoms with Gasteiger partial charge < -0.3 is 4.74 Å². The minimum absolute atomic E-state index is 0.0231. The summed E-state index contributed by atoms with van der Waals surface area (Å²) < 4.78 is 32.8. The maximum atomic E-state index is 12.4. The van der Waals surface area contributed by atoms with Crippen LogP contribution in [0.2, 0.25) is 0 Å². The van der Waals surface area contributed by atoms with E-state index in [9.17, 15) is 8.42 Å². The number of aryl methyl sites for hydroxylation is 1. The van der Waals surface area contributed by atoms with Gasteiger partial charge >= 0.3 is 0 Å². The molecule has 1 aliphatic carbocycles. The van der Waals surface area contributed by atoms with Crippen molar-refractivity contribution in [3.8, 4) is 5.75 Å². The van der Waals surface area contributed by atoms with Gasteiger partial charge in [0.2, 0.25) is 10.0 Å². The SMILES string of the molecule is COc1ccc2c(c1)CC(NS(=O)(=O)Cc1ccccc1)CC2. The molecule has 0 saturated heterocycles. The lowest BCUT2D eigenvalue weighted by Crippen LogP contribution is -2.39. The molecule has 0 aromatic heterocycles. The molecule has 1 aliphatic rings. The van der Waals surface area contributed by atoms with Crippen molar-refractivity contribution in [2.45, 2.75) is 31.1 Å². The fraction of sp³-hybridized carbons (Fsp3) is 0.333. The summed E-state index contributed by atoms with van der Waals surface area (Å²) in [6.45, 7) is 0. The molecule has 0 heterocycles. The maximum Gasteiger partial charge on any atom is 0.216 e. The molecule has 122 valence electrons. The van der Waals surface area contributed by atoms with Crippen LogP contribution in [0.15, 0.2) is 48.5 Å². The van der Waals surface area contributed by atoms with Crippen LogP contribution in [0.25, 0.3) is 0 Å². The second-order valence-electron chi connectivity index (χ2n) is 5.94. The summed E-state index contributed by atoms with van der Waals surface area (Å²) in [5, 5.41) is 0. The second kappa shape index (κ2) is 6.72. The highest BCUT2D eigenvalue weighted by atomic mass is 32.2. The summed E-state index contributed by atoms with van der Waals surface area (Å²) in [5.74, 6) is 0.839. The molecule has 5 heteroatoms. The van der Waals surface area contributed by atoms with Gasteiger partial charge in [-0.25, -0.2) is 13.1 Å². The Bertz CT molecular complexity index is 772. The predicted octanol–water partition coefficient (Wildman–Crippen LogP) is 2.67. The molecule has 0 saturated carbocycles. The average Bonchev–Trinajstić information content (AvgIpc) is 2.54. The van der Waals surface area contributed by atoms with Crippen LogP contribution in [0.5, 0.6) is 5.75 Å². The predicted molar refractivity (Wildman–Crippen MR) is 91.0 cm³/mol. The quantitative estimate of drug-likeness (QED) is 0.916. The summed E-state index contributed by atoms with van der Waals surface area (Å²) in [5.41, 5.74) is 3.25. The van der Waals surface area contributed by atoms with E-state index in [4.69, 9.17) is 4.74 Å². The molecule has 1 unspecified atom stereocenters. The minimum Gasteiger partial charge on any atom is -0.497 e. The van der Waals surface area contributed by atoms with E-state index in [1.54, 1.807) is 7.11 Å². The van der Waals surface area contributed by atoms with Gasteiger partial charge in [-0.3, -0.25) is 0 Å². The third kappa shape index (κ3) is 4.12. The van der Waals surface area contributed by atoms with Gasteiger partial charge in [0.1, 0.15) is 5.75 Å². The van der Waals surface area contributed by atoms with Crippen LogP contribution in [0.4, 0.5) is 0 Å². The van der Waals surface area contributed by atoms with E-state index in [1.165, 1.54) is 11.1 Å². The number of rotatable bonds is 5. The fourth-order valence-corrected chi connectivity index (χ4v) is 4.47. The van der Waals surface area contributed by atoms with Crippen LogP contribution in [0.1, 0.15) is 23.1 Å². The zero-order valence-corrected chi connectivity index (χ0v) is 14.0. The molecule has 0 bridgehead atoms. The lowest BCUT2D eigenvalue weighted by molar-refractivity contribution is 0.412. The molecule has 0 radical (unpaired) electrons. The molecule has 1 atom stereocenters. The highest BCUT2D eigenvalue weighted by Crippen LogP contribution is 2.26. The Morgan fingerprint density at radius 2 is 1.91 bits per heavy atom. The summed E-state index contributed by atoms with van der Waals surface area (Å²) in [7, 11) is -1.69. The van der Waals surface area contributed by atoms with E-state index in [0.29, 0.717) is 6.42 Å². The molecular weight excluding hydrogens is 310 g/mol. The number of methoxy groups -OCH3 is 1. The summed E-state index contributed by atoms with van der Waals surface area (Å²) in [6, 6.07) is 15.2. The zero-order chi connectivity index (χ0) is 16.3. The molecule has 2 aromatic rings. The van der Waals surface area contributed by atoms with Gasteiger partial charge in [-0.2, -0.15) is 0 Å². The number of hydrogen-bond donors (Lipinski definition) is 1. The lowest BCUT2D eigenvalue weighted by atomic mass is 9.89. The number of nitrogens with one attached hydrogen (secondary N) is 1. The Balaban J connectivity index is 1.69. The standard InChI is InChI=1S/C18H21NO3S/c1-22-18-10-8-15-7-9-17(11-16(15)12-18)19-23(20,21)13-14-5-3-2-4-6-14/h2-6,8,10,12,17,19H,7,9,11,13H2,1H3. The summed E-state index contributed by atoms with van der Waals surface area (Å²) >= 11 is 0. The smallest absolute Gasteiger partial charge is 0.216 e. The van der Waals surface area contributed by atoms with Crippen molar-refractivity contribution in [2.75, 3.05) is 7.11 Å². The first-order chi connectivity index (χ1) is 11.1. The van der Waals surface area contributed by atoms with E-state index >= 15 is 0 Å². The number of fused-ring (bicyclic) bond motifs is 1. The third-order valence-corrected chi connectivity index (χ3v) is 5.59. The Hall–Kier alpha value is -1.85.